The van der Waals surface area contributed by atoms with Crippen LogP contribution in [0.25, 0.3) is 0 Å². The zero-order valence-corrected chi connectivity index (χ0v) is 9.14. The Bertz CT molecular complexity index is 185. The van der Waals surface area contributed by atoms with E-state index < -0.39 is 0 Å². The van der Waals surface area contributed by atoms with E-state index in [1.165, 1.54) is 25.9 Å². The van der Waals surface area contributed by atoms with Crippen LogP contribution in [0, 0.1) is 5.92 Å². The molecular weight excluding hydrogens is 160 g/mol. The molecule has 1 heterocycles. The van der Waals surface area contributed by atoms with Gasteiger partial charge in [-0.15, -0.1) is 0 Å². The fourth-order valence-electron chi connectivity index (χ4n) is 2.72. The molecule has 1 N–H and O–H groups in total. The highest BCUT2D eigenvalue weighted by molar-refractivity contribution is 4.99. The van der Waals surface area contributed by atoms with Crippen molar-refractivity contribution >= 4 is 0 Å². The first kappa shape index (κ1) is 9.47. The summed E-state index contributed by atoms with van der Waals surface area (Å²) in [6, 6.07) is 0.712. The fourth-order valence-corrected chi connectivity index (χ4v) is 2.72. The molecule has 1 aliphatic heterocycles. The van der Waals surface area contributed by atoms with E-state index in [0.29, 0.717) is 11.6 Å². The molecule has 0 aromatic heterocycles. The molecule has 0 aromatic rings. The van der Waals surface area contributed by atoms with E-state index in [9.17, 15) is 0 Å². The van der Waals surface area contributed by atoms with Crippen molar-refractivity contribution in [3.8, 4) is 0 Å². The first-order valence-corrected chi connectivity index (χ1v) is 5.60. The standard InChI is InChI=1S/C11H22N2/c1-9-8-12-6-7-13(9)11(2,3)10-4-5-10/h9-10,12H,4-8H2,1-3H3. The van der Waals surface area contributed by atoms with Crippen molar-refractivity contribution in [1.29, 1.82) is 0 Å². The van der Waals surface area contributed by atoms with Crippen LogP contribution in [0.3, 0.4) is 0 Å². The first-order valence-electron chi connectivity index (χ1n) is 5.60. The number of nitrogens with zero attached hydrogens (tertiary/aromatic N) is 1. The molecule has 2 nitrogen and oxygen atoms in total. The summed E-state index contributed by atoms with van der Waals surface area (Å²) in [5.41, 5.74) is 0.446. The Labute approximate surface area is 81.7 Å². The maximum absolute atomic E-state index is 3.45. The Hall–Kier alpha value is -0.0800. The van der Waals surface area contributed by atoms with Crippen molar-refractivity contribution < 1.29 is 0 Å². The fraction of sp³-hybridized carbons (Fsp3) is 1.00. The Morgan fingerprint density at radius 2 is 2.00 bits per heavy atom. The summed E-state index contributed by atoms with van der Waals surface area (Å²) >= 11 is 0. The summed E-state index contributed by atoms with van der Waals surface area (Å²) in [4.78, 5) is 2.70. The Morgan fingerprint density at radius 3 is 2.54 bits per heavy atom. The third kappa shape index (κ3) is 1.75. The van der Waals surface area contributed by atoms with E-state index in [4.69, 9.17) is 0 Å². The molecule has 1 atom stereocenters. The number of rotatable bonds is 2. The SMILES string of the molecule is CC1CNCCN1C(C)(C)C1CC1. The van der Waals surface area contributed by atoms with Crippen molar-refractivity contribution in [2.24, 2.45) is 5.92 Å². The average Bonchev–Trinajstić information content (AvgIpc) is 2.86. The van der Waals surface area contributed by atoms with Crippen molar-refractivity contribution in [2.45, 2.75) is 45.2 Å². The summed E-state index contributed by atoms with van der Waals surface area (Å²) in [6.07, 6.45) is 2.90. The molecule has 1 aliphatic carbocycles. The number of piperazine rings is 1. The highest BCUT2D eigenvalue weighted by Crippen LogP contribution is 2.43. The molecule has 1 saturated carbocycles. The van der Waals surface area contributed by atoms with E-state index in [2.05, 4.69) is 31.0 Å². The molecule has 0 spiro atoms. The molecule has 2 fully saturated rings. The normalized spacial score (nSPS) is 32.1. The second-order valence-corrected chi connectivity index (χ2v) is 5.17. The van der Waals surface area contributed by atoms with Gasteiger partial charge < -0.3 is 5.32 Å². The zero-order chi connectivity index (χ0) is 9.47. The van der Waals surface area contributed by atoms with Gasteiger partial charge >= 0.3 is 0 Å². The summed E-state index contributed by atoms with van der Waals surface area (Å²) in [5, 5.41) is 3.45. The molecule has 1 saturated heterocycles. The van der Waals surface area contributed by atoms with E-state index in [1.807, 2.05) is 0 Å². The maximum Gasteiger partial charge on any atom is 0.0198 e. The van der Waals surface area contributed by atoms with Gasteiger partial charge in [-0.2, -0.15) is 0 Å². The van der Waals surface area contributed by atoms with Gasteiger partial charge in [-0.05, 0) is 39.5 Å². The Balaban J connectivity index is 2.03. The van der Waals surface area contributed by atoms with Gasteiger partial charge in [0.05, 0.1) is 0 Å². The van der Waals surface area contributed by atoms with Crippen LogP contribution in [0.15, 0.2) is 0 Å². The highest BCUT2D eigenvalue weighted by atomic mass is 15.3. The maximum atomic E-state index is 3.45. The van der Waals surface area contributed by atoms with Crippen molar-refractivity contribution in [2.75, 3.05) is 19.6 Å². The van der Waals surface area contributed by atoms with E-state index in [0.717, 1.165) is 12.5 Å². The van der Waals surface area contributed by atoms with Gasteiger partial charge in [0.2, 0.25) is 0 Å². The van der Waals surface area contributed by atoms with Crippen LogP contribution >= 0.6 is 0 Å². The molecule has 76 valence electrons. The van der Waals surface area contributed by atoms with Crippen molar-refractivity contribution in [3.63, 3.8) is 0 Å². The van der Waals surface area contributed by atoms with Crippen LogP contribution in [0.5, 0.6) is 0 Å². The van der Waals surface area contributed by atoms with Gasteiger partial charge in [-0.25, -0.2) is 0 Å². The van der Waals surface area contributed by atoms with Crippen LogP contribution in [0.4, 0.5) is 0 Å². The number of hydrogen-bond donors (Lipinski definition) is 1. The lowest BCUT2D eigenvalue weighted by molar-refractivity contribution is 0.0419. The van der Waals surface area contributed by atoms with E-state index in [1.54, 1.807) is 0 Å². The third-order valence-electron chi connectivity index (χ3n) is 3.82. The smallest absolute Gasteiger partial charge is 0.0198 e. The molecule has 2 aliphatic rings. The van der Waals surface area contributed by atoms with Crippen LogP contribution in [0.1, 0.15) is 33.6 Å². The van der Waals surface area contributed by atoms with Gasteiger partial charge in [0.25, 0.3) is 0 Å². The molecule has 1 unspecified atom stereocenters. The minimum Gasteiger partial charge on any atom is -0.314 e. The minimum absolute atomic E-state index is 0.446. The lowest BCUT2D eigenvalue weighted by Crippen LogP contribution is -2.59. The molecule has 0 aromatic carbocycles. The quantitative estimate of drug-likeness (QED) is 0.695. The predicted octanol–water partition coefficient (Wildman–Crippen LogP) is 1.47. The summed E-state index contributed by atoms with van der Waals surface area (Å²) in [5.74, 6) is 0.966. The lowest BCUT2D eigenvalue weighted by Gasteiger charge is -2.46. The average molecular weight is 182 g/mol. The molecule has 0 radical (unpaired) electrons. The van der Waals surface area contributed by atoms with Gasteiger partial charge in [-0.3, -0.25) is 4.90 Å². The van der Waals surface area contributed by atoms with Crippen LogP contribution in [-0.4, -0.2) is 36.1 Å². The molecule has 13 heavy (non-hydrogen) atoms. The highest BCUT2D eigenvalue weighted by Gasteiger charge is 2.43. The third-order valence-corrected chi connectivity index (χ3v) is 3.82. The van der Waals surface area contributed by atoms with Gasteiger partial charge in [-0.1, -0.05) is 0 Å². The summed E-state index contributed by atoms with van der Waals surface area (Å²) < 4.78 is 0. The van der Waals surface area contributed by atoms with E-state index >= 15 is 0 Å². The zero-order valence-electron chi connectivity index (χ0n) is 9.14. The number of nitrogens with one attached hydrogen (secondary N) is 1. The molecule has 2 heteroatoms. The predicted molar refractivity (Wildman–Crippen MR) is 55.8 cm³/mol. The van der Waals surface area contributed by atoms with Gasteiger partial charge in [0.15, 0.2) is 0 Å². The molecular formula is C11H22N2. The molecule has 2 rings (SSSR count). The van der Waals surface area contributed by atoms with Crippen LogP contribution in [0.2, 0.25) is 0 Å². The monoisotopic (exact) mass is 182 g/mol. The Morgan fingerprint density at radius 1 is 1.31 bits per heavy atom. The molecule has 0 bridgehead atoms. The van der Waals surface area contributed by atoms with Crippen molar-refractivity contribution in [3.05, 3.63) is 0 Å². The van der Waals surface area contributed by atoms with Crippen LogP contribution < -0.4 is 5.32 Å². The van der Waals surface area contributed by atoms with Gasteiger partial charge in [0.1, 0.15) is 0 Å². The second-order valence-electron chi connectivity index (χ2n) is 5.17. The van der Waals surface area contributed by atoms with Crippen LogP contribution in [-0.2, 0) is 0 Å². The number of hydrogen-bond acceptors (Lipinski definition) is 2. The first-order chi connectivity index (χ1) is 6.12. The van der Waals surface area contributed by atoms with Gasteiger partial charge in [0, 0.05) is 31.2 Å². The van der Waals surface area contributed by atoms with E-state index in [-0.39, 0.29) is 0 Å². The lowest BCUT2D eigenvalue weighted by atomic mass is 9.93. The minimum atomic E-state index is 0.446. The van der Waals surface area contributed by atoms with Crippen molar-refractivity contribution in [1.82, 2.24) is 10.2 Å². The largest absolute Gasteiger partial charge is 0.314 e. The topological polar surface area (TPSA) is 15.3 Å². The second kappa shape index (κ2) is 3.25. The Kier molecular flexibility index (Phi) is 2.37. The summed E-state index contributed by atoms with van der Waals surface area (Å²) in [7, 11) is 0. The summed E-state index contributed by atoms with van der Waals surface area (Å²) in [6.45, 7) is 10.7. The molecule has 0 amide bonds.